The van der Waals surface area contributed by atoms with Crippen LogP contribution in [-0.4, -0.2) is 37.1 Å². The number of carbonyl (C=O) groups is 2. The van der Waals surface area contributed by atoms with Crippen molar-refractivity contribution in [1.82, 2.24) is 0 Å². The fourth-order valence-corrected chi connectivity index (χ4v) is 2.38. The van der Waals surface area contributed by atoms with Crippen LogP contribution in [0.5, 0.6) is 11.5 Å². The Morgan fingerprint density at radius 1 is 1.07 bits per heavy atom. The van der Waals surface area contributed by atoms with E-state index in [4.69, 9.17) is 14.2 Å². The van der Waals surface area contributed by atoms with Gasteiger partial charge in [-0.15, -0.1) is 0 Å². The van der Waals surface area contributed by atoms with E-state index in [0.717, 1.165) is 17.2 Å². The zero-order chi connectivity index (χ0) is 20.7. The van der Waals surface area contributed by atoms with Crippen LogP contribution < -0.4 is 14.8 Å². The highest BCUT2D eigenvalue weighted by Crippen LogP contribution is 2.28. The smallest absolute Gasteiger partial charge is 0.344 e. The number of hydrogen-bond donors (Lipinski definition) is 1. The number of amides is 1. The summed E-state index contributed by atoms with van der Waals surface area (Å²) >= 11 is 0. The van der Waals surface area contributed by atoms with Crippen LogP contribution in [0.15, 0.2) is 36.4 Å². The number of nitro benzene ring substituents is 1. The Morgan fingerprint density at radius 2 is 1.79 bits per heavy atom. The summed E-state index contributed by atoms with van der Waals surface area (Å²) in [6, 6.07) is 9.28. The Morgan fingerprint density at radius 3 is 2.43 bits per heavy atom. The van der Waals surface area contributed by atoms with E-state index in [1.807, 2.05) is 26.0 Å². The highest BCUT2D eigenvalue weighted by Gasteiger charge is 2.15. The molecule has 9 heteroatoms. The molecule has 2 aromatic carbocycles. The number of benzene rings is 2. The minimum atomic E-state index is -0.721. The van der Waals surface area contributed by atoms with Crippen LogP contribution in [-0.2, 0) is 14.3 Å². The van der Waals surface area contributed by atoms with Gasteiger partial charge in [-0.3, -0.25) is 14.9 Å². The molecule has 9 nitrogen and oxygen atoms in total. The maximum Gasteiger partial charge on any atom is 0.344 e. The number of nitrogens with one attached hydrogen (secondary N) is 1. The summed E-state index contributed by atoms with van der Waals surface area (Å²) in [6.07, 6.45) is 0. The fourth-order valence-electron chi connectivity index (χ4n) is 2.38. The van der Waals surface area contributed by atoms with E-state index in [0.29, 0.717) is 5.75 Å². The number of nitro groups is 1. The normalized spacial score (nSPS) is 10.1. The first-order valence-corrected chi connectivity index (χ1v) is 8.28. The van der Waals surface area contributed by atoms with E-state index in [1.165, 1.54) is 19.2 Å². The molecular weight excluding hydrogens is 368 g/mol. The molecule has 0 aliphatic heterocycles. The number of esters is 1. The molecule has 28 heavy (non-hydrogen) atoms. The number of rotatable bonds is 8. The largest absolute Gasteiger partial charge is 0.495 e. The molecule has 0 fully saturated rings. The molecule has 1 amide bonds. The number of non-ortho nitro benzene ring substituents is 1. The number of nitrogens with zero attached hydrogens (tertiary/aromatic N) is 1. The first-order valence-electron chi connectivity index (χ1n) is 8.28. The Labute approximate surface area is 161 Å². The molecule has 0 heterocycles. The van der Waals surface area contributed by atoms with Crippen molar-refractivity contribution in [2.75, 3.05) is 25.6 Å². The van der Waals surface area contributed by atoms with E-state index in [2.05, 4.69) is 5.32 Å². The highest BCUT2D eigenvalue weighted by atomic mass is 16.6. The van der Waals surface area contributed by atoms with Crippen LogP contribution in [0.3, 0.4) is 0 Å². The summed E-state index contributed by atoms with van der Waals surface area (Å²) in [5.74, 6) is -0.600. The van der Waals surface area contributed by atoms with Crippen molar-refractivity contribution in [2.45, 2.75) is 13.8 Å². The minimum Gasteiger partial charge on any atom is -0.495 e. The van der Waals surface area contributed by atoms with Gasteiger partial charge in [-0.05, 0) is 31.5 Å². The van der Waals surface area contributed by atoms with Crippen molar-refractivity contribution in [3.05, 3.63) is 57.6 Å². The topological polar surface area (TPSA) is 117 Å². The summed E-state index contributed by atoms with van der Waals surface area (Å²) < 4.78 is 15.3. The number of hydrogen-bond acceptors (Lipinski definition) is 7. The third-order valence-electron chi connectivity index (χ3n) is 3.71. The summed E-state index contributed by atoms with van der Waals surface area (Å²) in [6.45, 7) is 2.88. The second-order valence-electron chi connectivity index (χ2n) is 5.91. The van der Waals surface area contributed by atoms with Crippen LogP contribution in [0.1, 0.15) is 11.1 Å². The maximum atomic E-state index is 12.0. The van der Waals surface area contributed by atoms with Gasteiger partial charge < -0.3 is 19.5 Å². The Balaban J connectivity index is 1.87. The van der Waals surface area contributed by atoms with Crippen LogP contribution in [0, 0.1) is 24.0 Å². The van der Waals surface area contributed by atoms with Gasteiger partial charge in [0.2, 0.25) is 0 Å². The molecule has 0 aliphatic carbocycles. The number of ether oxygens (including phenoxy) is 3. The van der Waals surface area contributed by atoms with Crippen molar-refractivity contribution >= 4 is 23.3 Å². The maximum absolute atomic E-state index is 12.0. The lowest BCUT2D eigenvalue weighted by Gasteiger charge is -2.11. The molecular formula is C19H20N2O7. The third kappa shape index (κ3) is 5.70. The summed E-state index contributed by atoms with van der Waals surface area (Å²) in [5.41, 5.74) is 1.84. The molecule has 1 N–H and O–H groups in total. The molecule has 0 aromatic heterocycles. The first kappa shape index (κ1) is 20.7. The Kier molecular flexibility index (Phi) is 6.91. The molecule has 0 aliphatic rings. The molecule has 2 rings (SSSR count). The van der Waals surface area contributed by atoms with E-state index in [1.54, 1.807) is 6.07 Å². The summed E-state index contributed by atoms with van der Waals surface area (Å²) in [7, 11) is 1.36. The van der Waals surface area contributed by atoms with Gasteiger partial charge in [0.25, 0.3) is 11.6 Å². The Hall–Kier alpha value is -3.62. The van der Waals surface area contributed by atoms with Crippen molar-refractivity contribution < 1.29 is 28.7 Å². The number of carbonyl (C=O) groups excluding carboxylic acids is 2. The molecule has 0 spiro atoms. The highest BCUT2D eigenvalue weighted by molar-refractivity contribution is 5.94. The van der Waals surface area contributed by atoms with Crippen molar-refractivity contribution in [3.8, 4) is 11.5 Å². The second kappa shape index (κ2) is 9.36. The zero-order valence-corrected chi connectivity index (χ0v) is 15.7. The monoisotopic (exact) mass is 388 g/mol. The number of methoxy groups -OCH3 is 1. The summed E-state index contributed by atoms with van der Waals surface area (Å²) in [4.78, 5) is 34.0. The van der Waals surface area contributed by atoms with Gasteiger partial charge in [0.1, 0.15) is 11.5 Å². The van der Waals surface area contributed by atoms with E-state index >= 15 is 0 Å². The lowest BCUT2D eigenvalue weighted by molar-refractivity contribution is -0.384. The second-order valence-corrected chi connectivity index (χ2v) is 5.91. The quantitative estimate of drug-likeness (QED) is 0.420. The molecule has 0 radical (unpaired) electrons. The van der Waals surface area contributed by atoms with Crippen LogP contribution in [0.2, 0.25) is 0 Å². The SMILES string of the molecule is COc1ccc([N+](=O)[O-])cc1NC(=O)COC(=O)COc1ccc(C)cc1C. The van der Waals surface area contributed by atoms with Crippen molar-refractivity contribution in [2.24, 2.45) is 0 Å². The molecule has 0 bridgehead atoms. The minimum absolute atomic E-state index is 0.101. The van der Waals surface area contributed by atoms with Crippen molar-refractivity contribution in [3.63, 3.8) is 0 Å². The van der Waals surface area contributed by atoms with Gasteiger partial charge in [-0.25, -0.2) is 4.79 Å². The van der Waals surface area contributed by atoms with Gasteiger partial charge >= 0.3 is 5.97 Å². The van der Waals surface area contributed by atoms with E-state index < -0.39 is 23.4 Å². The van der Waals surface area contributed by atoms with Crippen molar-refractivity contribution in [1.29, 1.82) is 0 Å². The molecule has 0 unspecified atom stereocenters. The number of aryl methyl sites for hydroxylation is 2. The average molecular weight is 388 g/mol. The predicted octanol–water partition coefficient (Wildman–Crippen LogP) is 2.78. The predicted molar refractivity (Wildman–Crippen MR) is 101 cm³/mol. The van der Waals surface area contributed by atoms with Crippen LogP contribution >= 0.6 is 0 Å². The first-order chi connectivity index (χ1) is 13.3. The molecule has 0 saturated heterocycles. The standard InChI is InChI=1S/C19H20N2O7/c1-12-4-6-16(13(2)8-12)27-11-19(23)28-10-18(22)20-15-9-14(21(24)25)5-7-17(15)26-3/h4-9H,10-11H2,1-3H3,(H,20,22). The van der Waals surface area contributed by atoms with Gasteiger partial charge in [0, 0.05) is 12.1 Å². The lowest BCUT2D eigenvalue weighted by atomic mass is 10.1. The summed E-state index contributed by atoms with van der Waals surface area (Å²) in [5, 5.41) is 13.3. The lowest BCUT2D eigenvalue weighted by Crippen LogP contribution is -2.24. The van der Waals surface area contributed by atoms with Gasteiger partial charge in [0.15, 0.2) is 13.2 Å². The molecule has 0 saturated carbocycles. The van der Waals surface area contributed by atoms with E-state index in [-0.39, 0.29) is 23.7 Å². The average Bonchev–Trinajstić information content (AvgIpc) is 2.65. The molecule has 2 aromatic rings. The van der Waals surface area contributed by atoms with Gasteiger partial charge in [-0.1, -0.05) is 17.7 Å². The van der Waals surface area contributed by atoms with Gasteiger partial charge in [0.05, 0.1) is 17.7 Å². The fraction of sp³-hybridized carbons (Fsp3) is 0.263. The van der Waals surface area contributed by atoms with Gasteiger partial charge in [-0.2, -0.15) is 0 Å². The molecule has 0 atom stereocenters. The van der Waals surface area contributed by atoms with Crippen LogP contribution in [0.4, 0.5) is 11.4 Å². The van der Waals surface area contributed by atoms with E-state index in [9.17, 15) is 19.7 Å². The van der Waals surface area contributed by atoms with Crippen LogP contribution in [0.25, 0.3) is 0 Å². The Bertz CT molecular complexity index is 896. The molecule has 148 valence electrons. The zero-order valence-electron chi connectivity index (χ0n) is 15.7. The third-order valence-corrected chi connectivity index (χ3v) is 3.71. The number of anilines is 1.